The number of hydrogen-bond donors (Lipinski definition) is 1. The monoisotopic (exact) mass is 483 g/mol. The maximum atomic E-state index is 14.6. The molecule has 182 valence electrons. The Morgan fingerprint density at radius 3 is 2.53 bits per heavy atom. The third-order valence-corrected chi connectivity index (χ3v) is 6.57. The molecule has 0 amide bonds. The van der Waals surface area contributed by atoms with E-state index in [4.69, 9.17) is 4.74 Å². The van der Waals surface area contributed by atoms with Crippen molar-refractivity contribution in [3.8, 4) is 16.9 Å². The fourth-order valence-electron chi connectivity index (χ4n) is 4.88. The van der Waals surface area contributed by atoms with Gasteiger partial charge in [0.1, 0.15) is 11.9 Å². The molecule has 4 rings (SSSR count). The van der Waals surface area contributed by atoms with Crippen LogP contribution in [0.5, 0.6) is 5.75 Å². The second kappa shape index (κ2) is 8.33. The number of fused-ring (bicyclic) bond motifs is 1. The Morgan fingerprint density at radius 2 is 1.88 bits per heavy atom. The summed E-state index contributed by atoms with van der Waals surface area (Å²) in [5, 5.41) is 10.7. The maximum Gasteiger partial charge on any atom is 0.573 e. The molecule has 1 saturated carbocycles. The van der Waals surface area contributed by atoms with Crippen LogP contribution in [-0.2, 0) is 9.53 Å². The summed E-state index contributed by atoms with van der Waals surface area (Å²) in [5.41, 5.74) is -1.36. The second-order valence-electron chi connectivity index (χ2n) is 8.74. The predicted octanol–water partition coefficient (Wildman–Crippen LogP) is 5.24. The van der Waals surface area contributed by atoms with Crippen LogP contribution in [0.3, 0.4) is 0 Å². The van der Waals surface area contributed by atoms with Gasteiger partial charge in [-0.05, 0) is 31.1 Å². The van der Waals surface area contributed by atoms with Crippen molar-refractivity contribution in [3.63, 3.8) is 0 Å². The van der Waals surface area contributed by atoms with Crippen LogP contribution in [0.15, 0.2) is 48.7 Å². The van der Waals surface area contributed by atoms with Crippen molar-refractivity contribution in [2.24, 2.45) is 17.8 Å². The van der Waals surface area contributed by atoms with E-state index in [1.165, 1.54) is 55.6 Å². The lowest BCUT2D eigenvalue weighted by molar-refractivity contribution is -0.274. The minimum absolute atomic E-state index is 0.184. The number of rotatable bonds is 4. The van der Waals surface area contributed by atoms with Crippen LogP contribution < -0.4 is 4.74 Å². The molecule has 4 unspecified atom stereocenters. The lowest BCUT2D eigenvalue weighted by Crippen LogP contribution is -2.57. The first-order valence-corrected chi connectivity index (χ1v) is 10.6. The highest BCUT2D eigenvalue weighted by Gasteiger charge is 2.67. The molecule has 1 aromatic heterocycles. The van der Waals surface area contributed by atoms with E-state index < -0.39 is 54.1 Å². The highest BCUT2D eigenvalue weighted by molar-refractivity contribution is 5.83. The molecule has 0 radical (unpaired) electrons. The van der Waals surface area contributed by atoms with Crippen LogP contribution in [0, 0.1) is 17.8 Å². The van der Waals surface area contributed by atoms with Crippen LogP contribution in [0.4, 0.5) is 22.0 Å². The Balaban J connectivity index is 1.60. The van der Waals surface area contributed by atoms with E-state index in [9.17, 15) is 31.9 Å². The summed E-state index contributed by atoms with van der Waals surface area (Å²) in [5.74, 6) is -7.61. The topological polar surface area (TPSA) is 68.7 Å². The molecule has 5 nitrogen and oxygen atoms in total. The Hall–Kier alpha value is -3.01. The number of nitrogens with zero attached hydrogens (tertiary/aromatic N) is 1. The average molecular weight is 483 g/mol. The SMILES string of the molecule is CC1OC(=O)C2(O)CC(F)(F)C(C)[C@H](/C=C/c3ccc(-c4ccccc4OC(F)(F)F)cn3)C12. The number of pyridine rings is 1. The van der Waals surface area contributed by atoms with Crippen LogP contribution in [0.2, 0.25) is 0 Å². The van der Waals surface area contributed by atoms with Gasteiger partial charge in [-0.3, -0.25) is 4.98 Å². The van der Waals surface area contributed by atoms with Gasteiger partial charge in [-0.1, -0.05) is 37.3 Å². The standard InChI is InChI=1S/C24H22F5NO4/c1-13-17(20-14(2)33-21(31)22(20,32)12-23(13,25)26)10-9-16-8-7-15(11-30-16)18-5-3-4-6-19(18)34-24(27,28)29/h3-11,13-14,17,20,32H,12H2,1-2H3/b10-9+/t13?,14?,17-,20?,22?/m0/s1. The number of allylic oxidation sites excluding steroid dienone is 1. The summed E-state index contributed by atoms with van der Waals surface area (Å²) in [6.07, 6.45) is -2.28. The normalized spacial score (nSPS) is 30.8. The van der Waals surface area contributed by atoms with Crippen LogP contribution in [0.25, 0.3) is 17.2 Å². The van der Waals surface area contributed by atoms with Crippen molar-refractivity contribution in [1.29, 1.82) is 0 Å². The summed E-state index contributed by atoms with van der Waals surface area (Å²) >= 11 is 0. The molecule has 1 saturated heterocycles. The summed E-state index contributed by atoms with van der Waals surface area (Å²) in [6.45, 7) is 2.92. The summed E-state index contributed by atoms with van der Waals surface area (Å²) in [6, 6.07) is 8.67. The smallest absolute Gasteiger partial charge is 0.460 e. The van der Waals surface area contributed by atoms with Crippen molar-refractivity contribution in [2.45, 2.75) is 44.3 Å². The number of carbonyl (C=O) groups excluding carboxylic acids is 1. The average Bonchev–Trinajstić information content (AvgIpc) is 2.95. The Bertz CT molecular complexity index is 1100. The van der Waals surface area contributed by atoms with Crippen molar-refractivity contribution in [2.75, 3.05) is 0 Å². The number of cyclic esters (lactones) is 1. The molecule has 0 bridgehead atoms. The molecule has 5 atom stereocenters. The number of halogens is 5. The fourth-order valence-corrected chi connectivity index (χ4v) is 4.88. The Morgan fingerprint density at radius 1 is 1.18 bits per heavy atom. The number of aliphatic hydroxyl groups is 1. The third kappa shape index (κ3) is 4.38. The van der Waals surface area contributed by atoms with Gasteiger partial charge >= 0.3 is 12.3 Å². The zero-order valence-electron chi connectivity index (χ0n) is 18.2. The fraction of sp³-hybridized carbons (Fsp3) is 0.417. The molecule has 0 spiro atoms. The van der Waals surface area contributed by atoms with Gasteiger partial charge in [-0.25, -0.2) is 13.6 Å². The number of benzene rings is 1. The van der Waals surface area contributed by atoms with E-state index >= 15 is 0 Å². The first-order valence-electron chi connectivity index (χ1n) is 10.6. The number of esters is 1. The van der Waals surface area contributed by atoms with Crippen molar-refractivity contribution < 1.29 is 41.3 Å². The number of aromatic nitrogens is 1. The van der Waals surface area contributed by atoms with Crippen molar-refractivity contribution >= 4 is 12.0 Å². The molecule has 10 heteroatoms. The highest BCUT2D eigenvalue weighted by atomic mass is 19.4. The minimum atomic E-state index is -4.85. The van der Waals surface area contributed by atoms with Gasteiger partial charge in [0.25, 0.3) is 5.92 Å². The Kier molecular flexibility index (Phi) is 5.91. The number of carbonyl (C=O) groups is 1. The van der Waals surface area contributed by atoms with Crippen molar-refractivity contribution in [1.82, 2.24) is 4.98 Å². The molecule has 34 heavy (non-hydrogen) atoms. The summed E-state index contributed by atoms with van der Waals surface area (Å²) in [7, 11) is 0. The number of para-hydroxylation sites is 1. The van der Waals surface area contributed by atoms with Gasteiger partial charge in [0.05, 0.1) is 12.1 Å². The van der Waals surface area contributed by atoms with Crippen LogP contribution in [-0.4, -0.2) is 40.0 Å². The van der Waals surface area contributed by atoms with Gasteiger partial charge in [0, 0.05) is 29.2 Å². The summed E-state index contributed by atoms with van der Waals surface area (Å²) in [4.78, 5) is 16.3. The zero-order chi connectivity index (χ0) is 24.9. The van der Waals surface area contributed by atoms with Gasteiger partial charge in [0.15, 0.2) is 5.60 Å². The van der Waals surface area contributed by atoms with Crippen LogP contribution >= 0.6 is 0 Å². The van der Waals surface area contributed by atoms with Gasteiger partial charge < -0.3 is 14.6 Å². The van der Waals surface area contributed by atoms with E-state index in [1.54, 1.807) is 13.0 Å². The van der Waals surface area contributed by atoms with E-state index in [-0.39, 0.29) is 11.3 Å². The quantitative estimate of drug-likeness (QED) is 0.476. The van der Waals surface area contributed by atoms with E-state index in [0.717, 1.165) is 0 Å². The number of hydrogen-bond acceptors (Lipinski definition) is 5. The molecule has 1 aliphatic heterocycles. The predicted molar refractivity (Wildman–Crippen MR) is 112 cm³/mol. The lowest BCUT2D eigenvalue weighted by Gasteiger charge is -2.45. The maximum absolute atomic E-state index is 14.6. The second-order valence-corrected chi connectivity index (χ2v) is 8.74. The minimum Gasteiger partial charge on any atom is -0.460 e. The molecular weight excluding hydrogens is 461 g/mol. The molecule has 1 N–H and O–H groups in total. The molecule has 2 aliphatic rings. The highest BCUT2D eigenvalue weighted by Crippen LogP contribution is 2.54. The van der Waals surface area contributed by atoms with E-state index in [2.05, 4.69) is 9.72 Å². The molecule has 2 aromatic rings. The summed E-state index contributed by atoms with van der Waals surface area (Å²) < 4.78 is 76.5. The van der Waals surface area contributed by atoms with E-state index in [1.807, 2.05) is 0 Å². The molecule has 1 aromatic carbocycles. The van der Waals surface area contributed by atoms with Gasteiger partial charge in [0.2, 0.25) is 0 Å². The Labute approximate surface area is 192 Å². The number of alkyl halides is 5. The van der Waals surface area contributed by atoms with E-state index in [0.29, 0.717) is 11.3 Å². The molecular formula is C24H22F5NO4. The number of ether oxygens (including phenoxy) is 2. The first kappa shape index (κ1) is 24.1. The largest absolute Gasteiger partial charge is 0.573 e. The zero-order valence-corrected chi connectivity index (χ0v) is 18.2. The van der Waals surface area contributed by atoms with Crippen LogP contribution in [0.1, 0.15) is 26.0 Å². The third-order valence-electron chi connectivity index (χ3n) is 6.57. The van der Waals surface area contributed by atoms with Gasteiger partial charge in [-0.2, -0.15) is 0 Å². The molecule has 2 fully saturated rings. The molecule has 1 aliphatic carbocycles. The van der Waals surface area contributed by atoms with Gasteiger partial charge in [-0.15, -0.1) is 13.2 Å². The lowest BCUT2D eigenvalue weighted by atomic mass is 9.62. The van der Waals surface area contributed by atoms with Crippen molar-refractivity contribution in [3.05, 3.63) is 54.4 Å². The molecule has 2 heterocycles. The first-order chi connectivity index (χ1) is 15.8.